The van der Waals surface area contributed by atoms with Gasteiger partial charge >= 0.3 is 0 Å². The standard InChI is InChI=1S/C31H31N2S.C13H24O2.Ir/c1-20(2)15-24-18-28(32-27-12-14-34-30(24)27)22-11-13-33(6)29(19-22)23-16-21-9-7-8-10-25(21)26(17-23)31(3,4)5;1-5-10(6-2)12(14)9-13(15)11(7-3)8-4;/h7-14,17-20H,6,15H2,1-5H3;9-11,14H,5-8H2,1-4H3;/q-1;;/b;12-9-;. The summed E-state index contributed by atoms with van der Waals surface area (Å²) in [4.78, 5) is 16.7. The van der Waals surface area contributed by atoms with Gasteiger partial charge in [0.1, 0.15) is 5.69 Å². The van der Waals surface area contributed by atoms with Crippen molar-refractivity contribution < 1.29 is 34.6 Å². The number of aromatic nitrogens is 2. The molecule has 0 amide bonds. The number of hydrogen-bond acceptors (Lipinski definition) is 4. The Hall–Kier alpha value is -3.31. The third-order valence-corrected chi connectivity index (χ3v) is 10.4. The average Bonchev–Trinajstić information content (AvgIpc) is 3.54. The van der Waals surface area contributed by atoms with E-state index in [0.29, 0.717) is 5.92 Å². The summed E-state index contributed by atoms with van der Waals surface area (Å²) in [5.74, 6) is 1.14. The fourth-order valence-electron chi connectivity index (χ4n) is 6.45. The van der Waals surface area contributed by atoms with Crippen LogP contribution in [0.1, 0.15) is 99.1 Å². The number of fused-ring (bicyclic) bond motifs is 2. The number of carbonyl (C=O) groups is 1. The van der Waals surface area contributed by atoms with Crippen LogP contribution in [-0.2, 0) is 36.7 Å². The molecule has 0 saturated carbocycles. The van der Waals surface area contributed by atoms with E-state index in [0.717, 1.165) is 65.5 Å². The number of rotatable bonds is 11. The Morgan fingerprint density at radius 3 is 2.26 bits per heavy atom. The van der Waals surface area contributed by atoms with E-state index in [1.54, 1.807) is 11.3 Å². The van der Waals surface area contributed by atoms with Gasteiger partial charge in [-0.05, 0) is 84.2 Å². The molecule has 4 nitrogen and oxygen atoms in total. The van der Waals surface area contributed by atoms with Crippen molar-refractivity contribution in [3.05, 3.63) is 102 Å². The van der Waals surface area contributed by atoms with Crippen LogP contribution in [0, 0.1) is 30.9 Å². The van der Waals surface area contributed by atoms with Crippen molar-refractivity contribution in [1.29, 1.82) is 0 Å². The molecule has 5 aromatic rings. The van der Waals surface area contributed by atoms with Gasteiger partial charge in [-0.2, -0.15) is 0 Å². The summed E-state index contributed by atoms with van der Waals surface area (Å²) in [7, 11) is 4.28. The van der Waals surface area contributed by atoms with E-state index in [-0.39, 0.29) is 48.9 Å². The van der Waals surface area contributed by atoms with E-state index in [1.165, 1.54) is 27.3 Å². The topological polar surface area (TPSA) is 54.1 Å². The van der Waals surface area contributed by atoms with E-state index in [4.69, 9.17) is 4.98 Å². The third-order valence-electron chi connectivity index (χ3n) is 9.39. The summed E-state index contributed by atoms with van der Waals surface area (Å²) in [6, 6.07) is 23.2. The van der Waals surface area contributed by atoms with Crippen LogP contribution >= 0.6 is 11.3 Å². The molecule has 0 unspecified atom stereocenters. The van der Waals surface area contributed by atoms with Gasteiger partial charge in [0.2, 0.25) is 0 Å². The number of nitrogens with zero attached hydrogens (tertiary/aromatic N) is 2. The maximum Gasteiger partial charge on any atom is 0.162 e. The fraction of sp³-hybridized carbons (Fsp3) is 0.409. The third kappa shape index (κ3) is 9.93. The molecular weight excluding hydrogens is 813 g/mol. The smallest absolute Gasteiger partial charge is 0.162 e. The van der Waals surface area contributed by atoms with Gasteiger partial charge < -0.3 is 9.67 Å². The van der Waals surface area contributed by atoms with Crippen LogP contribution in [0.2, 0.25) is 0 Å². The minimum atomic E-state index is 0. The zero-order valence-corrected chi connectivity index (χ0v) is 34.6. The Labute approximate surface area is 318 Å². The first kappa shape index (κ1) is 41.1. The van der Waals surface area contributed by atoms with E-state index < -0.39 is 0 Å². The molecule has 50 heavy (non-hydrogen) atoms. The normalized spacial score (nSPS) is 12.0. The molecule has 1 radical (unpaired) electrons. The van der Waals surface area contributed by atoms with Gasteiger partial charge in [-0.1, -0.05) is 91.5 Å². The van der Waals surface area contributed by atoms with E-state index in [2.05, 4.69) is 108 Å². The SMILES string of the molecule is CCC(CC)C(=O)/C=C(\O)C(CC)CC.[CH2-][n+]1ccc(-c2cc(CC(C)C)c3sccc3n2)cc1-c1[c-]c2ccccc2c(C(C)(C)C)c1.[Ir]. The molecule has 0 bridgehead atoms. The summed E-state index contributed by atoms with van der Waals surface area (Å²) in [6.45, 7) is 19.4. The van der Waals surface area contributed by atoms with Crippen LogP contribution in [0.5, 0.6) is 0 Å². The predicted octanol–water partition coefficient (Wildman–Crippen LogP) is 11.9. The fourth-order valence-corrected chi connectivity index (χ4v) is 7.31. The molecule has 6 heteroatoms. The molecule has 2 aromatic carbocycles. The number of carbonyl (C=O) groups excluding carboxylic acids is 1. The second kappa shape index (κ2) is 18.3. The number of aliphatic hydroxyl groups is 1. The van der Waals surface area contributed by atoms with Gasteiger partial charge in [0, 0.05) is 45.1 Å². The van der Waals surface area contributed by atoms with E-state index >= 15 is 0 Å². The molecule has 0 atom stereocenters. The van der Waals surface area contributed by atoms with Crippen molar-refractivity contribution in [1.82, 2.24) is 4.98 Å². The maximum absolute atomic E-state index is 11.7. The molecule has 3 heterocycles. The van der Waals surface area contributed by atoms with Crippen molar-refractivity contribution in [2.45, 2.75) is 99.8 Å². The Balaban J connectivity index is 0.000000361. The number of ketones is 1. The molecule has 0 aliphatic carbocycles. The molecule has 0 spiro atoms. The molecule has 0 aliphatic rings. The average molecular weight is 868 g/mol. The maximum atomic E-state index is 11.7. The quantitative estimate of drug-likeness (QED) is 0.0623. The molecule has 0 aliphatic heterocycles. The molecule has 1 N–H and O–H groups in total. The van der Waals surface area contributed by atoms with Crippen LogP contribution in [0.25, 0.3) is 43.5 Å². The number of benzene rings is 2. The summed E-state index contributed by atoms with van der Waals surface area (Å²) in [5.41, 5.74) is 8.01. The second-order valence-electron chi connectivity index (χ2n) is 14.6. The summed E-state index contributed by atoms with van der Waals surface area (Å²) >= 11 is 1.79. The number of pyridine rings is 2. The Morgan fingerprint density at radius 2 is 1.64 bits per heavy atom. The predicted molar refractivity (Wildman–Crippen MR) is 209 cm³/mol. The van der Waals surface area contributed by atoms with Gasteiger partial charge in [0.25, 0.3) is 0 Å². The van der Waals surface area contributed by atoms with Crippen molar-refractivity contribution >= 4 is 38.1 Å². The zero-order chi connectivity index (χ0) is 35.9. The van der Waals surface area contributed by atoms with Crippen molar-refractivity contribution in [3.63, 3.8) is 0 Å². The van der Waals surface area contributed by atoms with E-state index in [1.807, 2.05) is 38.5 Å². The second-order valence-corrected chi connectivity index (χ2v) is 15.5. The number of hydrogen-bond donors (Lipinski definition) is 1. The van der Waals surface area contributed by atoms with Crippen LogP contribution < -0.4 is 4.57 Å². The van der Waals surface area contributed by atoms with Crippen molar-refractivity contribution in [2.24, 2.45) is 17.8 Å². The van der Waals surface area contributed by atoms with Gasteiger partial charge in [-0.25, -0.2) is 4.98 Å². The first-order valence-electron chi connectivity index (χ1n) is 17.9. The largest absolute Gasteiger partial charge is 0.512 e. The molecular formula is C44H55IrN2O2S-. The van der Waals surface area contributed by atoms with Crippen molar-refractivity contribution in [3.8, 4) is 22.5 Å². The van der Waals surface area contributed by atoms with Crippen LogP contribution in [0.4, 0.5) is 0 Å². The number of thiophene rings is 1. The molecule has 269 valence electrons. The Bertz CT molecular complexity index is 1910. The minimum absolute atomic E-state index is 0. The molecule has 0 fully saturated rings. The number of allylic oxidation sites excluding steroid dienone is 2. The molecule has 3 aromatic heterocycles. The minimum Gasteiger partial charge on any atom is -0.512 e. The summed E-state index contributed by atoms with van der Waals surface area (Å²) in [5, 5.41) is 14.3. The van der Waals surface area contributed by atoms with Crippen LogP contribution in [-0.4, -0.2) is 15.9 Å². The summed E-state index contributed by atoms with van der Waals surface area (Å²) in [6.07, 6.45) is 7.99. The Morgan fingerprint density at radius 1 is 0.980 bits per heavy atom. The van der Waals surface area contributed by atoms with Crippen LogP contribution in [0.3, 0.4) is 0 Å². The van der Waals surface area contributed by atoms with Crippen molar-refractivity contribution in [2.75, 3.05) is 0 Å². The first-order valence-corrected chi connectivity index (χ1v) is 18.8. The Kier molecular flexibility index (Phi) is 15.0. The van der Waals surface area contributed by atoms with Gasteiger partial charge in [0.15, 0.2) is 5.78 Å². The molecule has 5 rings (SSSR count). The monoisotopic (exact) mass is 868 g/mol. The number of aliphatic hydroxyl groups excluding tert-OH is 1. The summed E-state index contributed by atoms with van der Waals surface area (Å²) < 4.78 is 3.24. The van der Waals surface area contributed by atoms with E-state index in [9.17, 15) is 9.90 Å². The molecule has 0 saturated heterocycles. The first-order chi connectivity index (χ1) is 23.3. The van der Waals surface area contributed by atoms with Gasteiger partial charge in [-0.15, -0.1) is 40.5 Å². The zero-order valence-electron chi connectivity index (χ0n) is 31.4. The van der Waals surface area contributed by atoms with Crippen LogP contribution in [0.15, 0.2) is 78.0 Å². The van der Waals surface area contributed by atoms with Gasteiger partial charge in [0.05, 0.1) is 27.9 Å². The van der Waals surface area contributed by atoms with Gasteiger partial charge in [-0.3, -0.25) is 4.79 Å².